The first-order chi connectivity index (χ1) is 7.29. The first kappa shape index (κ1) is 11.4. The Kier molecular flexibility index (Phi) is 4.50. The average molecular weight is 206 g/mol. The van der Waals surface area contributed by atoms with Gasteiger partial charge in [-0.15, -0.1) is 0 Å². The van der Waals surface area contributed by atoms with Gasteiger partial charge in [-0.1, -0.05) is 18.7 Å². The summed E-state index contributed by atoms with van der Waals surface area (Å²) in [4.78, 5) is 10.1. The quantitative estimate of drug-likeness (QED) is 0.569. The van der Waals surface area contributed by atoms with E-state index in [9.17, 15) is 4.79 Å². The van der Waals surface area contributed by atoms with Crippen molar-refractivity contribution in [2.75, 3.05) is 7.11 Å². The number of ether oxygens (including phenoxy) is 1. The van der Waals surface area contributed by atoms with E-state index in [4.69, 9.17) is 4.74 Å². The van der Waals surface area contributed by atoms with Crippen LogP contribution in [0, 0.1) is 0 Å². The number of aromatic nitrogens is 2. The number of allylic oxidation sites excluding steroid dienone is 3. The van der Waals surface area contributed by atoms with E-state index in [1.54, 1.807) is 25.5 Å². The van der Waals surface area contributed by atoms with Gasteiger partial charge in [0.1, 0.15) is 6.29 Å². The number of methoxy groups -OCH3 is 1. The third kappa shape index (κ3) is 3.18. The average Bonchev–Trinajstić information content (AvgIpc) is 2.67. The van der Waals surface area contributed by atoms with Gasteiger partial charge >= 0.3 is 0 Å². The van der Waals surface area contributed by atoms with Crippen molar-refractivity contribution in [3.8, 4) is 0 Å². The Hall–Kier alpha value is -1.68. The van der Waals surface area contributed by atoms with Crippen LogP contribution in [0.25, 0.3) is 5.57 Å². The Morgan fingerprint density at radius 3 is 3.20 bits per heavy atom. The fraction of sp³-hybridized carbons (Fsp3) is 0.273. The maximum atomic E-state index is 10.1. The molecule has 0 aliphatic rings. The van der Waals surface area contributed by atoms with E-state index in [0.29, 0.717) is 13.0 Å². The van der Waals surface area contributed by atoms with Gasteiger partial charge in [-0.05, 0) is 5.57 Å². The van der Waals surface area contributed by atoms with Crippen LogP contribution in [0.2, 0.25) is 0 Å². The summed E-state index contributed by atoms with van der Waals surface area (Å²) in [6.07, 6.45) is 6.50. The predicted molar refractivity (Wildman–Crippen MR) is 58.2 cm³/mol. The van der Waals surface area contributed by atoms with Crippen LogP contribution >= 0.6 is 0 Å². The lowest BCUT2D eigenvalue weighted by Gasteiger charge is -2.00. The smallest absolute Gasteiger partial charge is 0.123 e. The molecule has 4 heteroatoms. The van der Waals surface area contributed by atoms with Crippen LogP contribution in [-0.4, -0.2) is 23.6 Å². The number of aromatic amines is 1. The second-order valence-electron chi connectivity index (χ2n) is 3.03. The predicted octanol–water partition coefficient (Wildman–Crippen LogP) is 1.71. The molecule has 4 nitrogen and oxygen atoms in total. The molecule has 0 saturated heterocycles. The zero-order valence-electron chi connectivity index (χ0n) is 8.69. The molecule has 1 N–H and O–H groups in total. The monoisotopic (exact) mass is 206 g/mol. The van der Waals surface area contributed by atoms with Crippen molar-refractivity contribution in [3.63, 3.8) is 0 Å². The van der Waals surface area contributed by atoms with Gasteiger partial charge in [0.15, 0.2) is 0 Å². The third-order valence-electron chi connectivity index (χ3n) is 1.90. The molecule has 0 atom stereocenters. The molecule has 0 fully saturated rings. The number of hydrogen-bond acceptors (Lipinski definition) is 3. The minimum Gasteiger partial charge on any atom is -0.378 e. The lowest BCUT2D eigenvalue weighted by molar-refractivity contribution is -0.107. The minimum absolute atomic E-state index is 0.399. The van der Waals surface area contributed by atoms with E-state index in [2.05, 4.69) is 16.8 Å². The van der Waals surface area contributed by atoms with Gasteiger partial charge in [-0.3, -0.25) is 5.10 Å². The molecule has 0 bridgehead atoms. The molecular weight excluding hydrogens is 192 g/mol. The van der Waals surface area contributed by atoms with E-state index in [1.165, 1.54) is 0 Å². The van der Waals surface area contributed by atoms with Gasteiger partial charge in [0, 0.05) is 19.1 Å². The van der Waals surface area contributed by atoms with Gasteiger partial charge < -0.3 is 9.53 Å². The number of carbonyl (C=O) groups is 1. The minimum atomic E-state index is 0.399. The Balaban J connectivity index is 2.72. The number of rotatable bonds is 6. The Bertz CT molecular complexity index is 366. The van der Waals surface area contributed by atoms with Crippen molar-refractivity contribution in [1.82, 2.24) is 10.2 Å². The fourth-order valence-electron chi connectivity index (χ4n) is 1.20. The van der Waals surface area contributed by atoms with Crippen LogP contribution in [-0.2, 0) is 16.1 Å². The van der Waals surface area contributed by atoms with Crippen molar-refractivity contribution >= 4 is 11.9 Å². The SMILES string of the molecule is C=C(/C=C\CC=O)c1cn[nH]c1COC. The molecule has 0 aromatic carbocycles. The second-order valence-corrected chi connectivity index (χ2v) is 3.03. The maximum absolute atomic E-state index is 10.1. The van der Waals surface area contributed by atoms with Crippen LogP contribution in [0.3, 0.4) is 0 Å². The molecule has 0 aliphatic heterocycles. The van der Waals surface area contributed by atoms with Crippen LogP contribution in [0.1, 0.15) is 17.7 Å². The van der Waals surface area contributed by atoms with Crippen molar-refractivity contribution in [2.24, 2.45) is 0 Å². The van der Waals surface area contributed by atoms with Crippen molar-refractivity contribution < 1.29 is 9.53 Å². The molecular formula is C11H14N2O2. The van der Waals surface area contributed by atoms with E-state index in [1.807, 2.05) is 0 Å². The molecule has 1 rings (SSSR count). The summed E-state index contributed by atoms with van der Waals surface area (Å²) in [6, 6.07) is 0. The van der Waals surface area contributed by atoms with E-state index >= 15 is 0 Å². The third-order valence-corrected chi connectivity index (χ3v) is 1.90. The highest BCUT2D eigenvalue weighted by molar-refractivity contribution is 5.73. The molecule has 1 heterocycles. The number of aldehydes is 1. The van der Waals surface area contributed by atoms with Gasteiger partial charge in [0.05, 0.1) is 18.5 Å². The number of H-pyrrole nitrogens is 1. The van der Waals surface area contributed by atoms with Crippen LogP contribution in [0.15, 0.2) is 24.9 Å². The highest BCUT2D eigenvalue weighted by atomic mass is 16.5. The van der Waals surface area contributed by atoms with E-state index in [0.717, 1.165) is 23.1 Å². The lowest BCUT2D eigenvalue weighted by atomic mass is 10.1. The molecule has 0 unspecified atom stereocenters. The largest absolute Gasteiger partial charge is 0.378 e. The summed E-state index contributed by atoms with van der Waals surface area (Å²) in [5.74, 6) is 0. The molecule has 0 amide bonds. The summed E-state index contributed by atoms with van der Waals surface area (Å²) in [5.41, 5.74) is 2.62. The molecule has 80 valence electrons. The molecule has 0 spiro atoms. The van der Waals surface area contributed by atoms with Gasteiger partial charge in [-0.25, -0.2) is 0 Å². The van der Waals surface area contributed by atoms with Crippen LogP contribution in [0.5, 0.6) is 0 Å². The van der Waals surface area contributed by atoms with Crippen molar-refractivity contribution in [3.05, 3.63) is 36.2 Å². The van der Waals surface area contributed by atoms with Crippen molar-refractivity contribution in [1.29, 1.82) is 0 Å². The van der Waals surface area contributed by atoms with Gasteiger partial charge in [-0.2, -0.15) is 5.10 Å². The van der Waals surface area contributed by atoms with Crippen molar-refractivity contribution in [2.45, 2.75) is 13.0 Å². The summed E-state index contributed by atoms with van der Waals surface area (Å²) in [7, 11) is 1.62. The molecule has 0 radical (unpaired) electrons. The zero-order valence-corrected chi connectivity index (χ0v) is 8.69. The molecule has 15 heavy (non-hydrogen) atoms. The first-order valence-electron chi connectivity index (χ1n) is 4.60. The summed E-state index contributed by atoms with van der Waals surface area (Å²) < 4.78 is 5.01. The Morgan fingerprint density at radius 1 is 1.73 bits per heavy atom. The van der Waals surface area contributed by atoms with Crippen LogP contribution < -0.4 is 0 Å². The zero-order chi connectivity index (χ0) is 11.1. The first-order valence-corrected chi connectivity index (χ1v) is 4.60. The van der Waals surface area contributed by atoms with E-state index in [-0.39, 0.29) is 0 Å². The van der Waals surface area contributed by atoms with Gasteiger partial charge in [0.25, 0.3) is 0 Å². The number of hydrogen-bond donors (Lipinski definition) is 1. The number of nitrogens with one attached hydrogen (secondary N) is 1. The maximum Gasteiger partial charge on any atom is 0.123 e. The van der Waals surface area contributed by atoms with E-state index < -0.39 is 0 Å². The lowest BCUT2D eigenvalue weighted by Crippen LogP contribution is -1.92. The Labute approximate surface area is 88.6 Å². The van der Waals surface area contributed by atoms with Gasteiger partial charge in [0.2, 0.25) is 0 Å². The highest BCUT2D eigenvalue weighted by Crippen LogP contribution is 2.17. The normalized spacial score (nSPS) is 10.7. The van der Waals surface area contributed by atoms with Crippen LogP contribution in [0.4, 0.5) is 0 Å². The highest BCUT2D eigenvalue weighted by Gasteiger charge is 2.05. The summed E-state index contributed by atoms with van der Waals surface area (Å²) in [5, 5.41) is 6.76. The fourth-order valence-corrected chi connectivity index (χ4v) is 1.20. The summed E-state index contributed by atoms with van der Waals surface area (Å²) in [6.45, 7) is 4.36. The molecule has 1 aromatic heterocycles. The topological polar surface area (TPSA) is 55.0 Å². The number of carbonyl (C=O) groups excluding carboxylic acids is 1. The summed E-state index contributed by atoms with van der Waals surface area (Å²) >= 11 is 0. The Morgan fingerprint density at radius 2 is 2.53 bits per heavy atom. The molecule has 0 saturated carbocycles. The second kappa shape index (κ2) is 5.93. The molecule has 1 aromatic rings. The standard InChI is InChI=1S/C11H14N2O2/c1-9(5-3-4-6-14)10-7-12-13-11(10)8-15-2/h3,5-7H,1,4,8H2,2H3,(H,12,13)/b5-3-. The number of nitrogens with zero attached hydrogens (tertiary/aromatic N) is 1. The molecule has 0 aliphatic carbocycles.